The number of likely N-dealkylation sites (tertiary alicyclic amines) is 1. The molecule has 3 fully saturated rings. The molecule has 6 heteroatoms. The fraction of sp³-hybridized carbons (Fsp3) is 0.800. The van der Waals surface area contributed by atoms with Gasteiger partial charge in [0.1, 0.15) is 0 Å². The Bertz CT molecular complexity index is 519. The van der Waals surface area contributed by atoms with E-state index in [4.69, 9.17) is 4.52 Å². The molecular formula is C15H22N4O2. The molecule has 1 aromatic rings. The van der Waals surface area contributed by atoms with Crippen LogP contribution >= 0.6 is 0 Å². The third kappa shape index (κ3) is 2.76. The predicted molar refractivity (Wildman–Crippen MR) is 76.0 cm³/mol. The lowest BCUT2D eigenvalue weighted by Gasteiger charge is -2.20. The molecule has 1 aromatic heterocycles. The Kier molecular flexibility index (Phi) is 3.31. The van der Waals surface area contributed by atoms with E-state index in [9.17, 15) is 4.79 Å². The van der Waals surface area contributed by atoms with Gasteiger partial charge in [-0.25, -0.2) is 4.79 Å². The lowest BCUT2D eigenvalue weighted by molar-refractivity contribution is 0.204. The molecule has 0 aromatic carbocycles. The topological polar surface area (TPSA) is 71.3 Å². The fourth-order valence-electron chi connectivity index (χ4n) is 3.40. The first-order chi connectivity index (χ1) is 10.3. The van der Waals surface area contributed by atoms with E-state index in [1.807, 2.05) is 4.90 Å². The monoisotopic (exact) mass is 290 g/mol. The van der Waals surface area contributed by atoms with Crippen molar-refractivity contribution < 1.29 is 9.32 Å². The minimum Gasteiger partial charge on any atom is -0.339 e. The normalized spacial score (nSPS) is 26.5. The summed E-state index contributed by atoms with van der Waals surface area (Å²) >= 11 is 0. The standard InChI is InChI=1S/C15H22N4O2/c20-15(16-12-3-1-2-4-12)19-8-7-11(9-19)13-17-14(21-18-13)10-5-6-10/h10-12H,1-9H2,(H,16,20). The third-order valence-corrected chi connectivity index (χ3v) is 4.91. The second-order valence-corrected chi connectivity index (χ2v) is 6.63. The average Bonchev–Trinajstić information content (AvgIpc) is 2.94. The summed E-state index contributed by atoms with van der Waals surface area (Å²) in [4.78, 5) is 18.7. The molecule has 0 radical (unpaired) electrons. The number of rotatable bonds is 3. The molecular weight excluding hydrogens is 268 g/mol. The molecule has 1 N–H and O–H groups in total. The van der Waals surface area contributed by atoms with Gasteiger partial charge in [0.05, 0.1) is 0 Å². The maximum Gasteiger partial charge on any atom is 0.317 e. The van der Waals surface area contributed by atoms with Crippen molar-refractivity contribution in [2.24, 2.45) is 0 Å². The van der Waals surface area contributed by atoms with Crippen molar-refractivity contribution in [1.82, 2.24) is 20.4 Å². The van der Waals surface area contributed by atoms with E-state index >= 15 is 0 Å². The second-order valence-electron chi connectivity index (χ2n) is 6.63. The molecule has 4 rings (SSSR count). The Labute approximate surface area is 124 Å². The predicted octanol–water partition coefficient (Wildman–Crippen LogP) is 2.39. The Morgan fingerprint density at radius 2 is 1.95 bits per heavy atom. The van der Waals surface area contributed by atoms with Gasteiger partial charge in [0.25, 0.3) is 0 Å². The van der Waals surface area contributed by atoms with Gasteiger partial charge in [0, 0.05) is 31.0 Å². The first kappa shape index (κ1) is 13.1. The van der Waals surface area contributed by atoms with E-state index in [2.05, 4.69) is 15.5 Å². The van der Waals surface area contributed by atoms with Crippen LogP contribution in [0.2, 0.25) is 0 Å². The highest BCUT2D eigenvalue weighted by Crippen LogP contribution is 2.39. The van der Waals surface area contributed by atoms with Gasteiger partial charge in [-0.05, 0) is 32.1 Å². The molecule has 2 aliphatic carbocycles. The number of amides is 2. The van der Waals surface area contributed by atoms with Crippen LogP contribution in [0.25, 0.3) is 0 Å². The Hall–Kier alpha value is -1.59. The van der Waals surface area contributed by atoms with Crippen LogP contribution in [0.5, 0.6) is 0 Å². The van der Waals surface area contributed by atoms with E-state index in [0.29, 0.717) is 18.5 Å². The van der Waals surface area contributed by atoms with Crippen molar-refractivity contribution in [3.05, 3.63) is 11.7 Å². The molecule has 3 aliphatic rings. The molecule has 0 spiro atoms. The van der Waals surface area contributed by atoms with Crippen molar-refractivity contribution in [1.29, 1.82) is 0 Å². The van der Waals surface area contributed by atoms with E-state index in [0.717, 1.165) is 37.5 Å². The van der Waals surface area contributed by atoms with Crippen LogP contribution in [0.3, 0.4) is 0 Å². The van der Waals surface area contributed by atoms with Gasteiger partial charge in [0.2, 0.25) is 5.89 Å². The maximum atomic E-state index is 12.3. The van der Waals surface area contributed by atoms with E-state index in [1.54, 1.807) is 0 Å². The SMILES string of the molecule is O=C(NC1CCCC1)N1CCC(c2noc(C3CC3)n2)C1. The van der Waals surface area contributed by atoms with Crippen LogP contribution in [0.4, 0.5) is 4.79 Å². The summed E-state index contributed by atoms with van der Waals surface area (Å²) < 4.78 is 5.32. The number of nitrogens with zero attached hydrogens (tertiary/aromatic N) is 3. The lowest BCUT2D eigenvalue weighted by Crippen LogP contribution is -2.42. The Morgan fingerprint density at radius 3 is 2.71 bits per heavy atom. The highest BCUT2D eigenvalue weighted by atomic mass is 16.5. The highest BCUT2D eigenvalue weighted by molar-refractivity contribution is 5.75. The van der Waals surface area contributed by atoms with Crippen molar-refractivity contribution in [2.45, 2.75) is 62.8 Å². The van der Waals surface area contributed by atoms with Crippen LogP contribution in [-0.4, -0.2) is 40.2 Å². The Balaban J connectivity index is 1.33. The van der Waals surface area contributed by atoms with Gasteiger partial charge in [-0.2, -0.15) is 4.98 Å². The summed E-state index contributed by atoms with van der Waals surface area (Å²) in [7, 11) is 0. The number of hydrogen-bond donors (Lipinski definition) is 1. The van der Waals surface area contributed by atoms with Crippen molar-refractivity contribution in [2.75, 3.05) is 13.1 Å². The average molecular weight is 290 g/mol. The second kappa shape index (κ2) is 5.31. The fourth-order valence-corrected chi connectivity index (χ4v) is 3.40. The maximum absolute atomic E-state index is 12.3. The van der Waals surface area contributed by atoms with Crippen LogP contribution in [0.15, 0.2) is 4.52 Å². The largest absolute Gasteiger partial charge is 0.339 e. The molecule has 2 saturated carbocycles. The molecule has 1 atom stereocenters. The van der Waals surface area contributed by atoms with E-state index in [1.165, 1.54) is 25.7 Å². The molecule has 114 valence electrons. The molecule has 21 heavy (non-hydrogen) atoms. The number of hydrogen-bond acceptors (Lipinski definition) is 4. The summed E-state index contributed by atoms with van der Waals surface area (Å²) in [6, 6.07) is 0.457. The van der Waals surface area contributed by atoms with Gasteiger partial charge in [-0.15, -0.1) is 0 Å². The summed E-state index contributed by atoms with van der Waals surface area (Å²) in [6.07, 6.45) is 7.99. The zero-order valence-corrected chi connectivity index (χ0v) is 12.3. The lowest BCUT2D eigenvalue weighted by atomic mass is 10.1. The van der Waals surface area contributed by atoms with Crippen LogP contribution in [0.1, 0.15) is 68.5 Å². The molecule has 1 unspecified atom stereocenters. The molecule has 1 saturated heterocycles. The summed E-state index contributed by atoms with van der Waals surface area (Å²) in [6.45, 7) is 1.50. The van der Waals surface area contributed by atoms with Gasteiger partial charge in [-0.3, -0.25) is 0 Å². The first-order valence-corrected chi connectivity index (χ1v) is 8.18. The van der Waals surface area contributed by atoms with Crippen LogP contribution in [0, 0.1) is 0 Å². The molecule has 1 aliphatic heterocycles. The number of carbonyl (C=O) groups excluding carboxylic acids is 1. The summed E-state index contributed by atoms with van der Waals surface area (Å²) in [5.41, 5.74) is 0. The van der Waals surface area contributed by atoms with Crippen molar-refractivity contribution in [3.8, 4) is 0 Å². The van der Waals surface area contributed by atoms with Crippen LogP contribution in [-0.2, 0) is 0 Å². The number of urea groups is 1. The van der Waals surface area contributed by atoms with E-state index < -0.39 is 0 Å². The van der Waals surface area contributed by atoms with Crippen molar-refractivity contribution >= 4 is 6.03 Å². The number of carbonyl (C=O) groups is 1. The number of nitrogens with one attached hydrogen (secondary N) is 1. The minimum atomic E-state index is 0.0790. The quantitative estimate of drug-likeness (QED) is 0.927. The number of aromatic nitrogens is 2. The highest BCUT2D eigenvalue weighted by Gasteiger charge is 2.34. The van der Waals surface area contributed by atoms with Gasteiger partial charge in [-0.1, -0.05) is 18.0 Å². The van der Waals surface area contributed by atoms with Gasteiger partial charge < -0.3 is 14.7 Å². The minimum absolute atomic E-state index is 0.0790. The molecule has 2 heterocycles. The smallest absolute Gasteiger partial charge is 0.317 e. The first-order valence-electron chi connectivity index (χ1n) is 8.18. The molecule has 2 amide bonds. The van der Waals surface area contributed by atoms with Gasteiger partial charge >= 0.3 is 6.03 Å². The third-order valence-electron chi connectivity index (χ3n) is 4.91. The van der Waals surface area contributed by atoms with Gasteiger partial charge in [0.15, 0.2) is 5.82 Å². The van der Waals surface area contributed by atoms with Crippen molar-refractivity contribution in [3.63, 3.8) is 0 Å². The summed E-state index contributed by atoms with van der Waals surface area (Å²) in [5.74, 6) is 2.30. The summed E-state index contributed by atoms with van der Waals surface area (Å²) in [5, 5.41) is 7.26. The van der Waals surface area contributed by atoms with Crippen LogP contribution < -0.4 is 5.32 Å². The zero-order chi connectivity index (χ0) is 14.2. The molecule has 0 bridgehead atoms. The Morgan fingerprint density at radius 1 is 1.14 bits per heavy atom. The van der Waals surface area contributed by atoms with E-state index in [-0.39, 0.29) is 11.9 Å². The molecule has 6 nitrogen and oxygen atoms in total. The zero-order valence-electron chi connectivity index (χ0n) is 12.3.